The second-order valence-corrected chi connectivity index (χ2v) is 7.98. The number of halogens is 2. The molecule has 0 atom stereocenters. The fourth-order valence-corrected chi connectivity index (χ4v) is 4.30. The van der Waals surface area contributed by atoms with Crippen molar-refractivity contribution in [2.45, 2.75) is 11.3 Å². The molecule has 1 amide bonds. The van der Waals surface area contributed by atoms with E-state index in [2.05, 4.69) is 15.9 Å². The van der Waals surface area contributed by atoms with Gasteiger partial charge in [0.05, 0.1) is 6.42 Å². The normalized spacial score (nSPS) is 11.3. The predicted octanol–water partition coefficient (Wildman–Crippen LogP) is 3.21. The van der Waals surface area contributed by atoms with Crippen molar-refractivity contribution < 1.29 is 13.2 Å². The van der Waals surface area contributed by atoms with Crippen LogP contribution in [0, 0.1) is 0 Å². The third kappa shape index (κ3) is 3.82. The minimum Gasteiger partial charge on any atom is -0.274 e. The first-order valence-electron chi connectivity index (χ1n) is 5.41. The van der Waals surface area contributed by atoms with Gasteiger partial charge in [-0.25, -0.2) is 13.1 Å². The van der Waals surface area contributed by atoms with E-state index in [-0.39, 0.29) is 15.7 Å². The van der Waals surface area contributed by atoms with Crippen LogP contribution in [0.3, 0.4) is 0 Å². The molecule has 20 heavy (non-hydrogen) atoms. The van der Waals surface area contributed by atoms with Crippen molar-refractivity contribution in [2.75, 3.05) is 0 Å². The average molecular weight is 395 g/mol. The van der Waals surface area contributed by atoms with E-state index >= 15 is 0 Å². The number of thiophene rings is 1. The molecule has 4 nitrogen and oxygen atoms in total. The Balaban J connectivity index is 2.08. The van der Waals surface area contributed by atoms with E-state index in [9.17, 15) is 13.2 Å². The van der Waals surface area contributed by atoms with Gasteiger partial charge in [-0.1, -0.05) is 39.7 Å². The van der Waals surface area contributed by atoms with E-state index in [1.54, 1.807) is 29.6 Å². The number of hydrogen-bond acceptors (Lipinski definition) is 4. The van der Waals surface area contributed by atoms with Gasteiger partial charge in [0.2, 0.25) is 5.91 Å². The largest absolute Gasteiger partial charge is 0.274 e. The molecule has 0 unspecified atom stereocenters. The Morgan fingerprint density at radius 1 is 1.25 bits per heavy atom. The Morgan fingerprint density at radius 3 is 2.45 bits per heavy atom. The van der Waals surface area contributed by atoms with Crippen LogP contribution in [0.5, 0.6) is 0 Å². The highest BCUT2D eigenvalue weighted by atomic mass is 79.9. The van der Waals surface area contributed by atoms with Gasteiger partial charge < -0.3 is 0 Å². The fourth-order valence-electron chi connectivity index (χ4n) is 1.50. The van der Waals surface area contributed by atoms with Crippen molar-refractivity contribution in [3.05, 3.63) is 50.1 Å². The average Bonchev–Trinajstić information content (AvgIpc) is 2.78. The van der Waals surface area contributed by atoms with Crippen molar-refractivity contribution in [3.63, 3.8) is 0 Å². The molecular formula is C12H9BrClNO3S2. The summed E-state index contributed by atoms with van der Waals surface area (Å²) < 4.78 is 26.9. The van der Waals surface area contributed by atoms with Crippen LogP contribution < -0.4 is 4.72 Å². The second kappa shape index (κ2) is 6.26. The number of nitrogens with one attached hydrogen (secondary N) is 1. The third-order valence-corrected chi connectivity index (χ3v) is 5.76. The number of carbonyl (C=O) groups excluding carboxylic acids is 1. The highest BCUT2D eigenvalue weighted by Gasteiger charge is 2.21. The molecule has 0 aliphatic rings. The van der Waals surface area contributed by atoms with E-state index in [4.69, 9.17) is 11.6 Å². The van der Waals surface area contributed by atoms with Gasteiger partial charge in [-0.3, -0.25) is 4.79 Å². The molecule has 1 N–H and O–H groups in total. The van der Waals surface area contributed by atoms with E-state index < -0.39 is 15.9 Å². The molecule has 2 aromatic rings. The van der Waals surface area contributed by atoms with Crippen LogP contribution in [0.15, 0.2) is 45.1 Å². The van der Waals surface area contributed by atoms with E-state index in [1.807, 2.05) is 4.72 Å². The molecule has 0 saturated heterocycles. The maximum atomic E-state index is 12.0. The number of carbonyl (C=O) groups is 1. The Labute approximate surface area is 134 Å². The molecular weight excluding hydrogens is 386 g/mol. The summed E-state index contributed by atoms with van der Waals surface area (Å²) in [5.74, 6) is -0.602. The van der Waals surface area contributed by atoms with Gasteiger partial charge in [0, 0.05) is 4.47 Å². The number of hydrogen-bond donors (Lipinski definition) is 1. The third-order valence-electron chi connectivity index (χ3n) is 2.40. The van der Waals surface area contributed by atoms with Gasteiger partial charge in [0.25, 0.3) is 10.0 Å². The van der Waals surface area contributed by atoms with E-state index in [0.29, 0.717) is 0 Å². The second-order valence-electron chi connectivity index (χ2n) is 3.89. The van der Waals surface area contributed by atoms with Crippen molar-refractivity contribution >= 4 is 54.8 Å². The summed E-state index contributed by atoms with van der Waals surface area (Å²) >= 11 is 10.1. The molecule has 8 heteroatoms. The predicted molar refractivity (Wildman–Crippen MR) is 82.5 cm³/mol. The SMILES string of the molecule is O=C(Cc1ccc(Br)cc1)NS(=O)(=O)c1ccsc1Cl. The van der Waals surface area contributed by atoms with Crippen molar-refractivity contribution in [2.24, 2.45) is 0 Å². The maximum Gasteiger partial charge on any atom is 0.266 e. The van der Waals surface area contributed by atoms with E-state index in [1.165, 1.54) is 6.07 Å². The molecule has 0 aliphatic carbocycles. The zero-order chi connectivity index (χ0) is 14.8. The summed E-state index contributed by atoms with van der Waals surface area (Å²) in [4.78, 5) is 11.7. The van der Waals surface area contributed by atoms with Crippen LogP contribution in [-0.2, 0) is 21.2 Å². The molecule has 0 spiro atoms. The molecule has 1 heterocycles. The smallest absolute Gasteiger partial charge is 0.266 e. The van der Waals surface area contributed by atoms with Crippen LogP contribution in [0.2, 0.25) is 4.34 Å². The summed E-state index contributed by atoms with van der Waals surface area (Å²) in [5, 5.41) is 1.55. The standard InChI is InChI=1S/C12H9BrClNO3S2/c13-9-3-1-8(2-4-9)7-11(16)15-20(17,18)10-5-6-19-12(10)14/h1-6H,7H2,(H,15,16). The summed E-state index contributed by atoms with van der Waals surface area (Å²) in [6.45, 7) is 0. The van der Waals surface area contributed by atoms with Crippen molar-refractivity contribution in [1.29, 1.82) is 0 Å². The number of amides is 1. The van der Waals surface area contributed by atoms with Gasteiger partial charge >= 0.3 is 0 Å². The Morgan fingerprint density at radius 2 is 1.90 bits per heavy atom. The first-order chi connectivity index (χ1) is 9.38. The minimum absolute atomic E-state index is 0.0196. The summed E-state index contributed by atoms with van der Waals surface area (Å²) in [7, 11) is -3.91. The first kappa shape index (κ1) is 15.5. The quantitative estimate of drug-likeness (QED) is 0.866. The highest BCUT2D eigenvalue weighted by molar-refractivity contribution is 9.10. The lowest BCUT2D eigenvalue weighted by Gasteiger charge is -2.06. The maximum absolute atomic E-state index is 12.0. The Kier molecular flexibility index (Phi) is 4.85. The lowest BCUT2D eigenvalue weighted by Crippen LogP contribution is -2.31. The zero-order valence-electron chi connectivity index (χ0n) is 9.97. The van der Waals surface area contributed by atoms with E-state index in [0.717, 1.165) is 21.4 Å². The zero-order valence-corrected chi connectivity index (χ0v) is 13.9. The Hall–Kier alpha value is -0.890. The number of rotatable bonds is 4. The highest BCUT2D eigenvalue weighted by Crippen LogP contribution is 2.26. The van der Waals surface area contributed by atoms with Crippen molar-refractivity contribution in [1.82, 2.24) is 4.72 Å². The molecule has 1 aromatic heterocycles. The molecule has 106 valence electrons. The molecule has 0 radical (unpaired) electrons. The van der Waals surface area contributed by atoms with Gasteiger partial charge in [-0.05, 0) is 29.1 Å². The van der Waals surface area contributed by atoms with Gasteiger partial charge in [0.1, 0.15) is 9.23 Å². The van der Waals surface area contributed by atoms with Crippen LogP contribution in [-0.4, -0.2) is 14.3 Å². The molecule has 0 saturated carbocycles. The molecule has 0 aliphatic heterocycles. The molecule has 0 fully saturated rings. The van der Waals surface area contributed by atoms with Gasteiger partial charge in [0.15, 0.2) is 0 Å². The number of benzene rings is 1. The number of sulfonamides is 1. The van der Waals surface area contributed by atoms with Crippen LogP contribution >= 0.6 is 38.9 Å². The van der Waals surface area contributed by atoms with Gasteiger partial charge in [-0.2, -0.15) is 0 Å². The topological polar surface area (TPSA) is 63.2 Å². The molecule has 1 aromatic carbocycles. The lowest BCUT2D eigenvalue weighted by molar-refractivity contribution is -0.118. The van der Waals surface area contributed by atoms with Crippen molar-refractivity contribution in [3.8, 4) is 0 Å². The minimum atomic E-state index is -3.91. The van der Waals surface area contributed by atoms with Crippen LogP contribution in [0.4, 0.5) is 0 Å². The molecule has 2 rings (SSSR count). The first-order valence-corrected chi connectivity index (χ1v) is 8.95. The van der Waals surface area contributed by atoms with Gasteiger partial charge in [-0.15, -0.1) is 11.3 Å². The monoisotopic (exact) mass is 393 g/mol. The summed E-state index contributed by atoms with van der Waals surface area (Å²) in [6, 6.07) is 8.42. The van der Waals surface area contributed by atoms with Crippen LogP contribution in [0.25, 0.3) is 0 Å². The summed E-state index contributed by atoms with van der Waals surface area (Å²) in [6.07, 6.45) is -0.0196. The lowest BCUT2D eigenvalue weighted by atomic mass is 10.1. The fraction of sp³-hybridized carbons (Fsp3) is 0.0833. The van der Waals surface area contributed by atoms with Crippen LogP contribution in [0.1, 0.15) is 5.56 Å². The Bertz CT molecular complexity index is 725. The summed E-state index contributed by atoms with van der Waals surface area (Å²) in [5.41, 5.74) is 0.720. The molecule has 0 bridgehead atoms.